The van der Waals surface area contributed by atoms with Crippen molar-refractivity contribution < 1.29 is 0 Å². The van der Waals surface area contributed by atoms with Crippen LogP contribution in [0.2, 0.25) is 0 Å². The first kappa shape index (κ1) is 14.2. The first-order valence-electron chi connectivity index (χ1n) is 7.92. The van der Waals surface area contributed by atoms with Gasteiger partial charge in [-0.1, -0.05) is 37.3 Å². The molecule has 2 aromatic carbocycles. The molecule has 1 aliphatic rings. The lowest BCUT2D eigenvalue weighted by atomic mass is 10.1. The zero-order valence-electron chi connectivity index (χ0n) is 13.0. The predicted molar refractivity (Wildman–Crippen MR) is 90.2 cm³/mol. The van der Waals surface area contributed by atoms with E-state index in [1.54, 1.807) is 0 Å². The van der Waals surface area contributed by atoms with E-state index >= 15 is 0 Å². The van der Waals surface area contributed by atoms with Crippen LogP contribution >= 0.6 is 0 Å². The van der Waals surface area contributed by atoms with Crippen LogP contribution in [-0.2, 0) is 13.0 Å². The maximum atomic E-state index is 3.61. The van der Waals surface area contributed by atoms with Gasteiger partial charge in [-0.25, -0.2) is 0 Å². The van der Waals surface area contributed by atoms with Crippen LogP contribution in [0.15, 0.2) is 48.5 Å². The van der Waals surface area contributed by atoms with E-state index in [2.05, 4.69) is 72.7 Å². The molecule has 0 atom stereocenters. The van der Waals surface area contributed by atoms with Gasteiger partial charge in [0.1, 0.15) is 0 Å². The Balaban J connectivity index is 1.80. The second kappa shape index (κ2) is 6.31. The summed E-state index contributed by atoms with van der Waals surface area (Å²) in [4.78, 5) is 2.28. The Morgan fingerprint density at radius 2 is 1.76 bits per heavy atom. The molecule has 0 radical (unpaired) electrons. The lowest BCUT2D eigenvalue weighted by Gasteiger charge is -2.23. The molecule has 0 aromatic heterocycles. The van der Waals surface area contributed by atoms with Crippen LogP contribution < -0.4 is 10.2 Å². The summed E-state index contributed by atoms with van der Waals surface area (Å²) in [7, 11) is 2.15. The number of benzene rings is 2. The van der Waals surface area contributed by atoms with Gasteiger partial charge in [0.25, 0.3) is 0 Å². The number of anilines is 2. The summed E-state index contributed by atoms with van der Waals surface area (Å²) >= 11 is 0. The quantitative estimate of drug-likeness (QED) is 0.850. The highest BCUT2D eigenvalue weighted by molar-refractivity contribution is 5.65. The summed E-state index contributed by atoms with van der Waals surface area (Å²) < 4.78 is 0. The molecule has 2 heteroatoms. The van der Waals surface area contributed by atoms with Crippen LogP contribution in [0.3, 0.4) is 0 Å². The van der Waals surface area contributed by atoms with Crippen molar-refractivity contribution in [2.45, 2.75) is 38.8 Å². The standard InChI is InChI=1S/C19H24N2/c1-3-15-8-12-18(13-9-15)21(2)19-7-5-4-6-16(19)14-20-17-10-11-17/h4-9,12-13,17,20H,3,10-11,14H2,1-2H3. The fourth-order valence-electron chi connectivity index (χ4n) is 2.62. The third-order valence-corrected chi connectivity index (χ3v) is 4.24. The SMILES string of the molecule is CCc1ccc(N(C)c2ccccc2CNC2CC2)cc1. The van der Waals surface area contributed by atoms with E-state index in [4.69, 9.17) is 0 Å². The van der Waals surface area contributed by atoms with Gasteiger partial charge < -0.3 is 10.2 Å². The number of para-hydroxylation sites is 1. The van der Waals surface area contributed by atoms with Gasteiger partial charge in [-0.2, -0.15) is 0 Å². The summed E-state index contributed by atoms with van der Waals surface area (Å²) in [6.45, 7) is 3.15. The molecule has 0 unspecified atom stereocenters. The second-order valence-electron chi connectivity index (χ2n) is 5.86. The Labute approximate surface area is 127 Å². The Morgan fingerprint density at radius 1 is 1.05 bits per heavy atom. The smallest absolute Gasteiger partial charge is 0.0453 e. The van der Waals surface area contributed by atoms with E-state index in [0.29, 0.717) is 0 Å². The van der Waals surface area contributed by atoms with Crippen molar-refractivity contribution in [3.8, 4) is 0 Å². The first-order valence-corrected chi connectivity index (χ1v) is 7.92. The van der Waals surface area contributed by atoms with Crippen LogP contribution in [0, 0.1) is 0 Å². The molecule has 0 spiro atoms. The first-order chi connectivity index (χ1) is 10.3. The molecule has 2 aromatic rings. The van der Waals surface area contributed by atoms with Crippen molar-refractivity contribution in [1.29, 1.82) is 0 Å². The number of rotatable bonds is 6. The minimum absolute atomic E-state index is 0.743. The highest BCUT2D eigenvalue weighted by Crippen LogP contribution is 2.28. The predicted octanol–water partition coefficient (Wildman–Crippen LogP) is 4.27. The zero-order valence-corrected chi connectivity index (χ0v) is 13.0. The molecule has 2 nitrogen and oxygen atoms in total. The molecule has 0 aliphatic heterocycles. The van der Waals surface area contributed by atoms with E-state index in [1.165, 1.54) is 35.3 Å². The van der Waals surface area contributed by atoms with Crippen LogP contribution in [0.1, 0.15) is 30.9 Å². The zero-order chi connectivity index (χ0) is 14.7. The molecular formula is C19H24N2. The minimum atomic E-state index is 0.743. The molecule has 110 valence electrons. The molecule has 3 rings (SSSR count). The van der Waals surface area contributed by atoms with Crippen LogP contribution in [0.4, 0.5) is 11.4 Å². The van der Waals surface area contributed by atoms with Crippen molar-refractivity contribution in [2.75, 3.05) is 11.9 Å². The van der Waals surface area contributed by atoms with Gasteiger partial charge >= 0.3 is 0 Å². The monoisotopic (exact) mass is 280 g/mol. The molecule has 0 bridgehead atoms. The number of hydrogen-bond acceptors (Lipinski definition) is 2. The number of nitrogens with one attached hydrogen (secondary N) is 1. The molecule has 1 aliphatic carbocycles. The fraction of sp³-hybridized carbons (Fsp3) is 0.368. The molecule has 1 fully saturated rings. The lowest BCUT2D eigenvalue weighted by molar-refractivity contribution is 0.687. The van der Waals surface area contributed by atoms with Gasteiger partial charge in [-0.05, 0) is 48.6 Å². The largest absolute Gasteiger partial charge is 0.344 e. The number of hydrogen-bond donors (Lipinski definition) is 1. The Morgan fingerprint density at radius 3 is 2.43 bits per heavy atom. The topological polar surface area (TPSA) is 15.3 Å². The highest BCUT2D eigenvalue weighted by Gasteiger charge is 2.20. The Bertz CT molecular complexity index is 585. The fourth-order valence-corrected chi connectivity index (χ4v) is 2.62. The lowest BCUT2D eigenvalue weighted by Crippen LogP contribution is -2.18. The molecule has 1 N–H and O–H groups in total. The van der Waals surface area contributed by atoms with Crippen molar-refractivity contribution in [2.24, 2.45) is 0 Å². The molecule has 0 heterocycles. The van der Waals surface area contributed by atoms with Crippen LogP contribution in [-0.4, -0.2) is 13.1 Å². The van der Waals surface area contributed by atoms with Crippen molar-refractivity contribution in [1.82, 2.24) is 5.32 Å². The average molecular weight is 280 g/mol. The van der Waals surface area contributed by atoms with Crippen molar-refractivity contribution >= 4 is 11.4 Å². The Kier molecular flexibility index (Phi) is 4.26. The van der Waals surface area contributed by atoms with Gasteiger partial charge in [0.05, 0.1) is 0 Å². The summed E-state index contributed by atoms with van der Waals surface area (Å²) in [5.41, 5.74) is 5.28. The average Bonchev–Trinajstić information content (AvgIpc) is 3.37. The third kappa shape index (κ3) is 3.45. The molecule has 0 amide bonds. The highest BCUT2D eigenvalue weighted by atomic mass is 15.1. The Hall–Kier alpha value is -1.80. The van der Waals surface area contributed by atoms with Crippen LogP contribution in [0.5, 0.6) is 0 Å². The van der Waals surface area contributed by atoms with Gasteiger partial charge in [-0.3, -0.25) is 0 Å². The molecule has 21 heavy (non-hydrogen) atoms. The van der Waals surface area contributed by atoms with Gasteiger partial charge in [-0.15, -0.1) is 0 Å². The normalized spacial score (nSPS) is 14.2. The summed E-state index contributed by atoms with van der Waals surface area (Å²) in [5, 5.41) is 3.61. The molecule has 0 saturated heterocycles. The number of nitrogens with zero attached hydrogens (tertiary/aromatic N) is 1. The maximum Gasteiger partial charge on any atom is 0.0453 e. The van der Waals surface area contributed by atoms with Crippen molar-refractivity contribution in [3.05, 3.63) is 59.7 Å². The molecule has 1 saturated carbocycles. The van der Waals surface area contributed by atoms with E-state index in [0.717, 1.165) is 19.0 Å². The van der Waals surface area contributed by atoms with Crippen molar-refractivity contribution in [3.63, 3.8) is 0 Å². The third-order valence-electron chi connectivity index (χ3n) is 4.24. The van der Waals surface area contributed by atoms with Gasteiger partial charge in [0, 0.05) is 31.0 Å². The summed E-state index contributed by atoms with van der Waals surface area (Å²) in [6.07, 6.45) is 3.75. The maximum absolute atomic E-state index is 3.61. The second-order valence-corrected chi connectivity index (χ2v) is 5.86. The summed E-state index contributed by atoms with van der Waals surface area (Å²) in [6, 6.07) is 18.3. The van der Waals surface area contributed by atoms with E-state index in [1.807, 2.05) is 0 Å². The van der Waals surface area contributed by atoms with E-state index in [-0.39, 0.29) is 0 Å². The minimum Gasteiger partial charge on any atom is -0.344 e. The molecular weight excluding hydrogens is 256 g/mol. The van der Waals surface area contributed by atoms with Gasteiger partial charge in [0.15, 0.2) is 0 Å². The van der Waals surface area contributed by atoms with E-state index in [9.17, 15) is 0 Å². The van der Waals surface area contributed by atoms with Gasteiger partial charge in [0.2, 0.25) is 0 Å². The van der Waals surface area contributed by atoms with Crippen LogP contribution in [0.25, 0.3) is 0 Å². The van der Waals surface area contributed by atoms with E-state index < -0.39 is 0 Å². The number of aryl methyl sites for hydroxylation is 1. The summed E-state index contributed by atoms with van der Waals surface area (Å²) in [5.74, 6) is 0.